The highest BCUT2D eigenvalue weighted by Crippen LogP contribution is 2.37. The molecule has 1 aromatic rings. The number of rotatable bonds is 2. The molecule has 5 heteroatoms. The number of benzene rings is 1. The minimum absolute atomic E-state index is 0.284. The number of amides is 1. The van der Waals surface area contributed by atoms with E-state index in [0.29, 0.717) is 23.0 Å². The van der Waals surface area contributed by atoms with Gasteiger partial charge in [-0.1, -0.05) is 19.3 Å². The quantitative estimate of drug-likeness (QED) is 0.893. The van der Waals surface area contributed by atoms with Crippen molar-refractivity contribution < 1.29 is 9.18 Å². The number of hydrogen-bond acceptors (Lipinski definition) is 2. The lowest BCUT2D eigenvalue weighted by molar-refractivity contribution is -0.124. The monoisotopic (exact) mass is 324 g/mol. The summed E-state index contributed by atoms with van der Waals surface area (Å²) < 4.78 is 13.4. The molecule has 1 N–H and O–H groups in total. The smallest absolute Gasteiger partial charge is 0.244 e. The topological polar surface area (TPSA) is 52.9 Å². The van der Waals surface area contributed by atoms with Crippen molar-refractivity contribution >= 4 is 27.5 Å². The van der Waals surface area contributed by atoms with Crippen molar-refractivity contribution in [2.45, 2.75) is 32.1 Å². The Bertz CT molecular complexity index is 533. The van der Waals surface area contributed by atoms with Crippen LogP contribution in [0.1, 0.15) is 32.1 Å². The van der Waals surface area contributed by atoms with Gasteiger partial charge in [0.05, 0.1) is 10.5 Å². The van der Waals surface area contributed by atoms with Gasteiger partial charge in [0.15, 0.2) is 0 Å². The molecule has 1 aromatic carbocycles. The Morgan fingerprint density at radius 3 is 2.63 bits per heavy atom. The van der Waals surface area contributed by atoms with Gasteiger partial charge in [-0.2, -0.15) is 5.26 Å². The van der Waals surface area contributed by atoms with E-state index in [1.165, 1.54) is 18.2 Å². The van der Waals surface area contributed by atoms with Crippen LogP contribution in [0.25, 0.3) is 0 Å². The van der Waals surface area contributed by atoms with Gasteiger partial charge in [0.1, 0.15) is 11.2 Å². The third-order valence-corrected chi connectivity index (χ3v) is 4.14. The van der Waals surface area contributed by atoms with Crippen LogP contribution >= 0.6 is 15.9 Å². The molecule has 0 saturated heterocycles. The molecule has 0 spiro atoms. The zero-order chi connectivity index (χ0) is 13.9. The molecule has 0 heterocycles. The van der Waals surface area contributed by atoms with Crippen molar-refractivity contribution in [1.29, 1.82) is 5.26 Å². The van der Waals surface area contributed by atoms with Crippen LogP contribution in [0.5, 0.6) is 0 Å². The second-order valence-electron chi connectivity index (χ2n) is 4.84. The maximum absolute atomic E-state index is 13.1. The molecule has 2 rings (SSSR count). The van der Waals surface area contributed by atoms with Crippen LogP contribution in [0.3, 0.4) is 0 Å². The maximum atomic E-state index is 13.1. The summed E-state index contributed by atoms with van der Waals surface area (Å²) in [7, 11) is 0. The Hall–Kier alpha value is -1.41. The molecule has 19 heavy (non-hydrogen) atoms. The second-order valence-corrected chi connectivity index (χ2v) is 5.69. The Morgan fingerprint density at radius 2 is 2.05 bits per heavy atom. The van der Waals surface area contributed by atoms with Crippen LogP contribution in [-0.2, 0) is 4.79 Å². The van der Waals surface area contributed by atoms with Gasteiger partial charge < -0.3 is 5.32 Å². The lowest BCUT2D eigenvalue weighted by atomic mass is 9.74. The van der Waals surface area contributed by atoms with Crippen molar-refractivity contribution in [3.63, 3.8) is 0 Å². The number of nitrogens with one attached hydrogen (secondary N) is 1. The van der Waals surface area contributed by atoms with Crippen molar-refractivity contribution in [3.05, 3.63) is 28.5 Å². The number of nitrogens with zero attached hydrogens (tertiary/aromatic N) is 1. The predicted molar refractivity (Wildman–Crippen MR) is 73.9 cm³/mol. The molecule has 1 saturated carbocycles. The number of carbonyl (C=O) groups is 1. The molecule has 1 amide bonds. The fourth-order valence-electron chi connectivity index (χ4n) is 2.37. The number of halogens is 2. The SMILES string of the molecule is N#CC1(C(=O)Nc2ccc(F)c(Br)c2)CCCCC1. The molecule has 0 unspecified atom stereocenters. The molecule has 0 aromatic heterocycles. The minimum atomic E-state index is -0.931. The van der Waals surface area contributed by atoms with Gasteiger partial charge in [-0.05, 0) is 47.0 Å². The van der Waals surface area contributed by atoms with E-state index in [4.69, 9.17) is 0 Å². The van der Waals surface area contributed by atoms with Gasteiger partial charge >= 0.3 is 0 Å². The van der Waals surface area contributed by atoms with Crippen LogP contribution in [0, 0.1) is 22.6 Å². The van der Waals surface area contributed by atoms with E-state index in [1.807, 2.05) is 0 Å². The second kappa shape index (κ2) is 5.70. The average molecular weight is 325 g/mol. The summed E-state index contributed by atoms with van der Waals surface area (Å²) in [6.07, 6.45) is 4.05. The predicted octanol–water partition coefficient (Wildman–Crippen LogP) is 4.00. The van der Waals surface area contributed by atoms with E-state index in [-0.39, 0.29) is 11.7 Å². The third kappa shape index (κ3) is 2.95. The molecule has 0 atom stereocenters. The van der Waals surface area contributed by atoms with Crippen LogP contribution < -0.4 is 5.32 Å². The Kier molecular flexibility index (Phi) is 4.20. The van der Waals surface area contributed by atoms with E-state index in [0.717, 1.165) is 19.3 Å². The highest BCUT2D eigenvalue weighted by Gasteiger charge is 2.39. The first-order valence-electron chi connectivity index (χ1n) is 6.25. The molecular weight excluding hydrogens is 311 g/mol. The molecular formula is C14H14BrFN2O. The largest absolute Gasteiger partial charge is 0.325 e. The van der Waals surface area contributed by atoms with Crippen LogP contribution in [0.2, 0.25) is 0 Å². The van der Waals surface area contributed by atoms with Crippen LogP contribution in [0.15, 0.2) is 22.7 Å². The van der Waals surface area contributed by atoms with Crippen LogP contribution in [-0.4, -0.2) is 5.91 Å². The van der Waals surface area contributed by atoms with Crippen molar-refractivity contribution in [1.82, 2.24) is 0 Å². The number of hydrogen-bond donors (Lipinski definition) is 1. The first kappa shape index (κ1) is 14.0. The average Bonchev–Trinajstić information content (AvgIpc) is 2.43. The zero-order valence-electron chi connectivity index (χ0n) is 10.4. The van der Waals surface area contributed by atoms with E-state index in [2.05, 4.69) is 27.3 Å². The molecule has 0 radical (unpaired) electrons. The summed E-state index contributed by atoms with van der Waals surface area (Å²) in [4.78, 5) is 12.3. The van der Waals surface area contributed by atoms with Crippen molar-refractivity contribution in [2.75, 3.05) is 5.32 Å². The van der Waals surface area contributed by atoms with Crippen LogP contribution in [0.4, 0.5) is 10.1 Å². The summed E-state index contributed by atoms with van der Waals surface area (Å²) in [5.74, 6) is -0.668. The number of nitriles is 1. The highest BCUT2D eigenvalue weighted by molar-refractivity contribution is 9.10. The van der Waals surface area contributed by atoms with E-state index >= 15 is 0 Å². The van der Waals surface area contributed by atoms with Gasteiger partial charge in [0.2, 0.25) is 5.91 Å². The van der Waals surface area contributed by atoms with Crippen molar-refractivity contribution in [2.24, 2.45) is 5.41 Å². The lowest BCUT2D eigenvalue weighted by Crippen LogP contribution is -2.36. The molecule has 0 bridgehead atoms. The minimum Gasteiger partial charge on any atom is -0.325 e. The zero-order valence-corrected chi connectivity index (χ0v) is 12.0. The first-order chi connectivity index (χ1) is 9.07. The normalized spacial score (nSPS) is 17.5. The van der Waals surface area contributed by atoms with Gasteiger partial charge in [-0.25, -0.2) is 4.39 Å². The fourth-order valence-corrected chi connectivity index (χ4v) is 2.75. The molecule has 1 aliphatic rings. The summed E-state index contributed by atoms with van der Waals surface area (Å²) in [6.45, 7) is 0. The number of anilines is 1. The van der Waals surface area contributed by atoms with Gasteiger partial charge in [-0.3, -0.25) is 4.79 Å². The van der Waals surface area contributed by atoms with Gasteiger partial charge in [-0.15, -0.1) is 0 Å². The van der Waals surface area contributed by atoms with E-state index in [9.17, 15) is 14.4 Å². The summed E-state index contributed by atoms with van der Waals surface area (Å²) in [6, 6.07) is 6.44. The third-order valence-electron chi connectivity index (χ3n) is 3.53. The highest BCUT2D eigenvalue weighted by atomic mass is 79.9. The summed E-state index contributed by atoms with van der Waals surface area (Å²) >= 11 is 3.07. The maximum Gasteiger partial charge on any atom is 0.244 e. The molecule has 100 valence electrons. The van der Waals surface area contributed by atoms with E-state index < -0.39 is 5.41 Å². The number of carbonyl (C=O) groups excluding carboxylic acids is 1. The first-order valence-corrected chi connectivity index (χ1v) is 7.04. The summed E-state index contributed by atoms with van der Waals surface area (Å²) in [5.41, 5.74) is -0.433. The molecule has 0 aliphatic heterocycles. The lowest BCUT2D eigenvalue weighted by Gasteiger charge is -2.29. The Morgan fingerprint density at radius 1 is 1.37 bits per heavy atom. The Labute approximate surface area is 119 Å². The summed E-state index contributed by atoms with van der Waals surface area (Å²) in [5, 5.41) is 12.0. The molecule has 1 aliphatic carbocycles. The van der Waals surface area contributed by atoms with E-state index in [1.54, 1.807) is 0 Å². The van der Waals surface area contributed by atoms with Gasteiger partial charge in [0.25, 0.3) is 0 Å². The Balaban J connectivity index is 2.15. The molecule has 1 fully saturated rings. The molecule has 3 nitrogen and oxygen atoms in total. The van der Waals surface area contributed by atoms with Gasteiger partial charge in [0, 0.05) is 5.69 Å². The standard InChI is InChI=1S/C14H14BrFN2O/c15-11-8-10(4-5-12(11)16)18-13(19)14(9-17)6-2-1-3-7-14/h4-5,8H,1-3,6-7H2,(H,18,19). The van der Waals surface area contributed by atoms with Crippen molar-refractivity contribution in [3.8, 4) is 6.07 Å². The fraction of sp³-hybridized carbons (Fsp3) is 0.429.